The van der Waals surface area contributed by atoms with E-state index in [2.05, 4.69) is 10.3 Å². The summed E-state index contributed by atoms with van der Waals surface area (Å²) in [6, 6.07) is 4.56. The van der Waals surface area contributed by atoms with Gasteiger partial charge in [-0.3, -0.25) is 14.3 Å². The lowest BCUT2D eigenvalue weighted by Crippen LogP contribution is -2.14. The van der Waals surface area contributed by atoms with Crippen molar-refractivity contribution in [2.24, 2.45) is 5.92 Å². The highest BCUT2D eigenvalue weighted by molar-refractivity contribution is 7.87. The third kappa shape index (κ3) is 2.72. The van der Waals surface area contributed by atoms with Gasteiger partial charge in [0.15, 0.2) is 4.34 Å². The standard InChI is InChI=1S/C12H13N3O3S2/c16-15(17)9-1-2-11-10(5-9)14-12(19-11)20(18)7-8-3-4-13-6-8/h1-2,5,8,13H,3-4,6-7H2/t8-,20-/m0/s1. The van der Waals surface area contributed by atoms with Crippen molar-refractivity contribution in [1.82, 2.24) is 10.3 Å². The highest BCUT2D eigenvalue weighted by Gasteiger charge is 2.20. The fourth-order valence-corrected chi connectivity index (χ4v) is 4.83. The number of nitrogens with one attached hydrogen (secondary N) is 1. The average molecular weight is 311 g/mol. The van der Waals surface area contributed by atoms with Crippen molar-refractivity contribution in [3.63, 3.8) is 0 Å². The van der Waals surface area contributed by atoms with Gasteiger partial charge in [0, 0.05) is 17.9 Å². The van der Waals surface area contributed by atoms with E-state index in [-0.39, 0.29) is 5.69 Å². The molecular formula is C12H13N3O3S2. The van der Waals surface area contributed by atoms with Crippen molar-refractivity contribution < 1.29 is 9.13 Å². The molecule has 0 saturated carbocycles. The second-order valence-electron chi connectivity index (χ2n) is 4.76. The lowest BCUT2D eigenvalue weighted by molar-refractivity contribution is -0.384. The van der Waals surface area contributed by atoms with Gasteiger partial charge in [-0.25, -0.2) is 4.98 Å². The third-order valence-corrected chi connectivity index (χ3v) is 6.20. The Morgan fingerprint density at radius 3 is 3.10 bits per heavy atom. The van der Waals surface area contributed by atoms with E-state index in [0.29, 0.717) is 21.5 Å². The second-order valence-corrected chi connectivity index (χ2v) is 7.46. The SMILES string of the molecule is O=[N+]([O-])c1ccc2sc([S@@](=O)C[C@H]3CCNC3)nc2c1. The fraction of sp³-hybridized carbons (Fsp3) is 0.417. The number of aromatic nitrogens is 1. The molecule has 0 spiro atoms. The number of benzene rings is 1. The Balaban J connectivity index is 1.84. The predicted molar refractivity (Wildman–Crippen MR) is 78.5 cm³/mol. The molecule has 8 heteroatoms. The first-order valence-electron chi connectivity index (χ1n) is 6.27. The van der Waals surface area contributed by atoms with Gasteiger partial charge in [0.25, 0.3) is 5.69 Å². The van der Waals surface area contributed by atoms with Crippen LogP contribution in [0.2, 0.25) is 0 Å². The number of hydrogen-bond acceptors (Lipinski definition) is 6. The summed E-state index contributed by atoms with van der Waals surface area (Å²) >= 11 is 1.35. The molecule has 0 amide bonds. The first-order chi connectivity index (χ1) is 9.63. The van der Waals surface area contributed by atoms with Gasteiger partial charge in [-0.1, -0.05) is 0 Å². The molecule has 1 aromatic carbocycles. The van der Waals surface area contributed by atoms with E-state index in [4.69, 9.17) is 0 Å². The zero-order valence-electron chi connectivity index (χ0n) is 10.6. The van der Waals surface area contributed by atoms with Gasteiger partial charge in [-0.15, -0.1) is 11.3 Å². The van der Waals surface area contributed by atoms with Crippen LogP contribution in [0.4, 0.5) is 5.69 Å². The van der Waals surface area contributed by atoms with E-state index in [1.54, 1.807) is 6.07 Å². The maximum absolute atomic E-state index is 12.3. The van der Waals surface area contributed by atoms with Crippen LogP contribution in [0.3, 0.4) is 0 Å². The van der Waals surface area contributed by atoms with Crippen LogP contribution in [0.1, 0.15) is 6.42 Å². The van der Waals surface area contributed by atoms with Gasteiger partial charge in [0.2, 0.25) is 0 Å². The first kappa shape index (κ1) is 13.6. The molecule has 106 valence electrons. The number of non-ortho nitro benzene ring substituents is 1. The summed E-state index contributed by atoms with van der Waals surface area (Å²) in [7, 11) is -1.13. The van der Waals surface area contributed by atoms with Crippen LogP contribution < -0.4 is 5.32 Å². The molecule has 2 heterocycles. The zero-order valence-corrected chi connectivity index (χ0v) is 12.2. The van der Waals surface area contributed by atoms with E-state index in [1.165, 1.54) is 23.5 Å². The van der Waals surface area contributed by atoms with Gasteiger partial charge < -0.3 is 5.32 Å². The van der Waals surface area contributed by atoms with E-state index >= 15 is 0 Å². The topological polar surface area (TPSA) is 85.1 Å². The molecule has 3 rings (SSSR count). The molecule has 1 aliphatic heterocycles. The largest absolute Gasteiger partial charge is 0.316 e. The van der Waals surface area contributed by atoms with Crippen molar-refractivity contribution in [3.05, 3.63) is 28.3 Å². The average Bonchev–Trinajstić information content (AvgIpc) is 3.05. The number of nitro benzene ring substituents is 1. The molecule has 1 aliphatic rings. The summed E-state index contributed by atoms with van der Waals surface area (Å²) in [5.74, 6) is 1.03. The normalized spacial score (nSPS) is 20.3. The molecule has 1 saturated heterocycles. The molecule has 1 fully saturated rings. The predicted octanol–water partition coefficient (Wildman–Crippen LogP) is 1.92. The van der Waals surface area contributed by atoms with Crippen molar-refractivity contribution in [3.8, 4) is 0 Å². The number of nitrogens with zero attached hydrogens (tertiary/aromatic N) is 2. The van der Waals surface area contributed by atoms with Crippen LogP contribution in [-0.4, -0.2) is 33.0 Å². The molecular weight excluding hydrogens is 298 g/mol. The number of rotatable bonds is 4. The minimum Gasteiger partial charge on any atom is -0.316 e. The van der Waals surface area contributed by atoms with Crippen LogP contribution >= 0.6 is 11.3 Å². The quantitative estimate of drug-likeness (QED) is 0.689. The van der Waals surface area contributed by atoms with Gasteiger partial charge in [-0.2, -0.15) is 0 Å². The monoisotopic (exact) mass is 311 g/mol. The molecule has 1 aromatic heterocycles. The summed E-state index contributed by atoms with van der Waals surface area (Å²) < 4.78 is 13.7. The Bertz CT molecular complexity index is 680. The zero-order chi connectivity index (χ0) is 14.1. The van der Waals surface area contributed by atoms with Gasteiger partial charge in [0.1, 0.15) is 0 Å². The maximum Gasteiger partial charge on any atom is 0.271 e. The summed E-state index contributed by atoms with van der Waals surface area (Å²) in [5.41, 5.74) is 0.567. The molecule has 6 nitrogen and oxygen atoms in total. The minimum absolute atomic E-state index is 0.0140. The lowest BCUT2D eigenvalue weighted by atomic mass is 10.2. The van der Waals surface area contributed by atoms with Gasteiger partial charge in [0.05, 0.1) is 25.9 Å². The Hall–Kier alpha value is -1.38. The molecule has 0 aliphatic carbocycles. The Labute approximate surface area is 121 Å². The second kappa shape index (κ2) is 5.55. The Kier molecular flexibility index (Phi) is 3.77. The van der Waals surface area contributed by atoms with Crippen molar-refractivity contribution in [2.75, 3.05) is 18.8 Å². The molecule has 20 heavy (non-hydrogen) atoms. The summed E-state index contributed by atoms with van der Waals surface area (Å²) in [6.45, 7) is 1.88. The van der Waals surface area contributed by atoms with Gasteiger partial charge >= 0.3 is 0 Å². The molecule has 0 unspecified atom stereocenters. The van der Waals surface area contributed by atoms with Crippen LogP contribution in [0, 0.1) is 16.0 Å². The number of hydrogen-bond donors (Lipinski definition) is 1. The number of fused-ring (bicyclic) bond motifs is 1. The Morgan fingerprint density at radius 2 is 2.40 bits per heavy atom. The third-order valence-electron chi connectivity index (χ3n) is 3.31. The van der Waals surface area contributed by atoms with Crippen LogP contribution in [-0.2, 0) is 10.8 Å². The number of thiazole rings is 1. The van der Waals surface area contributed by atoms with Crippen molar-refractivity contribution in [2.45, 2.75) is 10.8 Å². The van der Waals surface area contributed by atoms with Crippen molar-refractivity contribution in [1.29, 1.82) is 0 Å². The molecule has 0 bridgehead atoms. The lowest BCUT2D eigenvalue weighted by Gasteiger charge is -2.04. The fourth-order valence-electron chi connectivity index (χ4n) is 2.25. The summed E-state index contributed by atoms with van der Waals surface area (Å²) in [5, 5.41) is 14.0. The first-order valence-corrected chi connectivity index (χ1v) is 8.41. The molecule has 0 radical (unpaired) electrons. The number of nitro groups is 1. The van der Waals surface area contributed by atoms with Crippen LogP contribution in [0.5, 0.6) is 0 Å². The highest BCUT2D eigenvalue weighted by atomic mass is 32.2. The molecule has 1 N–H and O–H groups in total. The van der Waals surface area contributed by atoms with Crippen LogP contribution in [0.25, 0.3) is 10.2 Å². The smallest absolute Gasteiger partial charge is 0.271 e. The van der Waals surface area contributed by atoms with Crippen LogP contribution in [0.15, 0.2) is 22.5 Å². The van der Waals surface area contributed by atoms with Crippen molar-refractivity contribution >= 4 is 38.0 Å². The molecule has 2 atom stereocenters. The summed E-state index contributed by atoms with van der Waals surface area (Å²) in [6.07, 6.45) is 1.04. The molecule has 2 aromatic rings. The van der Waals surface area contributed by atoms with E-state index in [9.17, 15) is 14.3 Å². The Morgan fingerprint density at radius 1 is 1.55 bits per heavy atom. The van der Waals surface area contributed by atoms with E-state index in [1.807, 2.05) is 0 Å². The minimum atomic E-state index is -1.13. The maximum atomic E-state index is 12.3. The highest BCUT2D eigenvalue weighted by Crippen LogP contribution is 2.28. The van der Waals surface area contributed by atoms with Gasteiger partial charge in [-0.05, 0) is 31.5 Å². The van der Waals surface area contributed by atoms with E-state index in [0.717, 1.165) is 24.2 Å². The van der Waals surface area contributed by atoms with E-state index < -0.39 is 15.7 Å². The summed E-state index contributed by atoms with van der Waals surface area (Å²) in [4.78, 5) is 14.6.